The quantitative estimate of drug-likeness (QED) is 0.744. The molecule has 0 saturated heterocycles. The maximum atomic E-state index is 12.1. The second-order valence-corrected chi connectivity index (χ2v) is 5.04. The van der Waals surface area contributed by atoms with Crippen molar-refractivity contribution in [3.63, 3.8) is 0 Å². The van der Waals surface area contributed by atoms with Gasteiger partial charge < -0.3 is 4.42 Å². The Kier molecular flexibility index (Phi) is 2.48. The number of aromatic nitrogens is 1. The summed E-state index contributed by atoms with van der Waals surface area (Å²) in [6.07, 6.45) is 2.74. The van der Waals surface area contributed by atoms with E-state index in [-0.39, 0.29) is 5.56 Å². The van der Waals surface area contributed by atoms with Crippen molar-refractivity contribution in [3.05, 3.63) is 43.3 Å². The highest BCUT2D eigenvalue weighted by molar-refractivity contribution is 7.07. The molecule has 0 saturated carbocycles. The van der Waals surface area contributed by atoms with Gasteiger partial charge in [-0.25, -0.2) is 0 Å². The Hall–Kier alpha value is -1.62. The van der Waals surface area contributed by atoms with E-state index < -0.39 is 0 Å². The third-order valence-electron chi connectivity index (χ3n) is 2.71. The Morgan fingerprint density at radius 2 is 2.41 bits per heavy atom. The summed E-state index contributed by atoms with van der Waals surface area (Å²) in [7, 11) is 0. The highest BCUT2D eigenvalue weighted by Gasteiger charge is 2.08. The molecule has 3 rings (SSSR count). The van der Waals surface area contributed by atoms with Crippen LogP contribution in [0.5, 0.6) is 0 Å². The minimum atomic E-state index is 0.0440. The summed E-state index contributed by atoms with van der Waals surface area (Å²) in [5, 5.41) is 0. The number of rotatable bonds is 1. The largest absolute Gasteiger partial charge is 0.462 e. The Morgan fingerprint density at radius 1 is 1.53 bits per heavy atom. The molecule has 5 heteroatoms. The van der Waals surface area contributed by atoms with Gasteiger partial charge in [0.1, 0.15) is 11.5 Å². The number of nitrogens with zero attached hydrogens (tertiary/aromatic N) is 2. The number of thiazole rings is 1. The predicted molar refractivity (Wildman–Crippen MR) is 65.9 cm³/mol. The lowest BCUT2D eigenvalue weighted by Crippen LogP contribution is -2.33. The third-order valence-corrected chi connectivity index (χ3v) is 3.75. The van der Waals surface area contributed by atoms with Crippen molar-refractivity contribution in [2.45, 2.75) is 19.9 Å². The molecule has 3 heterocycles. The zero-order chi connectivity index (χ0) is 11.8. The fourth-order valence-corrected chi connectivity index (χ4v) is 2.90. The summed E-state index contributed by atoms with van der Waals surface area (Å²) in [5.41, 5.74) is 0.0440. The van der Waals surface area contributed by atoms with Gasteiger partial charge in [0.25, 0.3) is 5.56 Å². The first kappa shape index (κ1) is 10.5. The van der Waals surface area contributed by atoms with Crippen LogP contribution in [0.3, 0.4) is 0 Å². The Labute approximate surface area is 102 Å². The van der Waals surface area contributed by atoms with Gasteiger partial charge in [-0.05, 0) is 25.5 Å². The molecule has 4 nitrogen and oxygen atoms in total. The summed E-state index contributed by atoms with van der Waals surface area (Å²) in [6.45, 7) is 3.48. The van der Waals surface area contributed by atoms with Gasteiger partial charge in [-0.15, -0.1) is 0 Å². The van der Waals surface area contributed by atoms with Crippen LogP contribution in [0.25, 0.3) is 6.08 Å². The highest BCUT2D eigenvalue weighted by Crippen LogP contribution is 2.06. The van der Waals surface area contributed by atoms with E-state index in [0.29, 0.717) is 4.53 Å². The van der Waals surface area contributed by atoms with Gasteiger partial charge in [0, 0.05) is 19.2 Å². The van der Waals surface area contributed by atoms with E-state index in [4.69, 9.17) is 4.42 Å². The summed E-state index contributed by atoms with van der Waals surface area (Å²) in [4.78, 5) is 17.2. The van der Waals surface area contributed by atoms with Gasteiger partial charge in [-0.1, -0.05) is 11.3 Å². The molecule has 17 heavy (non-hydrogen) atoms. The molecular weight excluding hydrogens is 236 g/mol. The first-order valence-electron chi connectivity index (χ1n) is 5.56. The number of fused-ring (bicyclic) bond motifs is 1. The molecule has 0 bridgehead atoms. The minimum Gasteiger partial charge on any atom is -0.462 e. The van der Waals surface area contributed by atoms with Crippen LogP contribution in [0.15, 0.2) is 26.3 Å². The first-order chi connectivity index (χ1) is 8.24. The van der Waals surface area contributed by atoms with Gasteiger partial charge in [0.15, 0.2) is 4.80 Å². The molecular formula is C12H12N2O2S. The van der Waals surface area contributed by atoms with E-state index in [2.05, 4.69) is 4.99 Å². The van der Waals surface area contributed by atoms with Crippen LogP contribution in [-0.4, -0.2) is 11.1 Å². The molecule has 2 aromatic heterocycles. The Morgan fingerprint density at radius 3 is 3.12 bits per heavy atom. The summed E-state index contributed by atoms with van der Waals surface area (Å²) >= 11 is 1.43. The lowest BCUT2D eigenvalue weighted by Gasteiger charge is -2.03. The lowest BCUT2D eigenvalue weighted by atomic mass is 10.4. The van der Waals surface area contributed by atoms with E-state index in [9.17, 15) is 4.79 Å². The Balaban J connectivity index is 2.20. The molecule has 0 atom stereocenters. The van der Waals surface area contributed by atoms with E-state index in [0.717, 1.165) is 35.8 Å². The van der Waals surface area contributed by atoms with Crippen molar-refractivity contribution in [1.29, 1.82) is 0 Å². The SMILES string of the molecule is Cc1ccc(/C=c2\sc3n(c2=O)CCCN=3)o1. The third kappa shape index (κ3) is 1.86. The smallest absolute Gasteiger partial charge is 0.270 e. The van der Waals surface area contributed by atoms with Crippen LogP contribution in [0.2, 0.25) is 0 Å². The molecule has 0 radical (unpaired) electrons. The van der Waals surface area contributed by atoms with Gasteiger partial charge in [-0.2, -0.15) is 0 Å². The molecule has 0 aliphatic carbocycles. The van der Waals surface area contributed by atoms with Gasteiger partial charge in [0.05, 0.1) is 4.53 Å². The number of hydrogen-bond acceptors (Lipinski definition) is 4. The second-order valence-electron chi connectivity index (χ2n) is 4.03. The van der Waals surface area contributed by atoms with Crippen LogP contribution in [-0.2, 0) is 6.54 Å². The fraction of sp³-hybridized carbons (Fsp3) is 0.333. The maximum Gasteiger partial charge on any atom is 0.270 e. The molecule has 0 N–H and O–H groups in total. The normalized spacial score (nSPS) is 15.7. The molecule has 0 fully saturated rings. The van der Waals surface area contributed by atoms with E-state index >= 15 is 0 Å². The van der Waals surface area contributed by atoms with Crippen molar-refractivity contribution < 1.29 is 4.42 Å². The van der Waals surface area contributed by atoms with E-state index in [1.807, 2.05) is 19.1 Å². The second kappa shape index (κ2) is 4.00. The van der Waals surface area contributed by atoms with Gasteiger partial charge in [-0.3, -0.25) is 14.4 Å². The van der Waals surface area contributed by atoms with E-state index in [1.165, 1.54) is 11.3 Å². The van der Waals surface area contributed by atoms with Crippen molar-refractivity contribution in [1.82, 2.24) is 4.57 Å². The van der Waals surface area contributed by atoms with Crippen molar-refractivity contribution in [2.24, 2.45) is 4.99 Å². The van der Waals surface area contributed by atoms with Crippen LogP contribution in [0.4, 0.5) is 0 Å². The van der Waals surface area contributed by atoms with Crippen LogP contribution in [0.1, 0.15) is 17.9 Å². The van der Waals surface area contributed by atoms with Crippen LogP contribution < -0.4 is 14.9 Å². The molecule has 0 unspecified atom stereocenters. The lowest BCUT2D eigenvalue weighted by molar-refractivity contribution is 0.524. The zero-order valence-corrected chi connectivity index (χ0v) is 10.3. The molecule has 88 valence electrons. The summed E-state index contributed by atoms with van der Waals surface area (Å²) in [6, 6.07) is 3.76. The Bertz CT molecular complexity index is 721. The number of hydrogen-bond donors (Lipinski definition) is 0. The minimum absolute atomic E-state index is 0.0440. The van der Waals surface area contributed by atoms with E-state index in [1.54, 1.807) is 10.6 Å². The molecule has 2 aromatic rings. The molecule has 0 aromatic carbocycles. The first-order valence-corrected chi connectivity index (χ1v) is 6.38. The fourth-order valence-electron chi connectivity index (χ4n) is 1.89. The predicted octanol–water partition coefficient (Wildman–Crippen LogP) is 0.663. The topological polar surface area (TPSA) is 47.5 Å². The summed E-state index contributed by atoms with van der Waals surface area (Å²) in [5.74, 6) is 1.57. The van der Waals surface area contributed by atoms with Gasteiger partial charge >= 0.3 is 0 Å². The molecule has 0 amide bonds. The average molecular weight is 248 g/mol. The number of aryl methyl sites for hydroxylation is 1. The molecule has 1 aliphatic rings. The van der Waals surface area contributed by atoms with Crippen LogP contribution >= 0.6 is 11.3 Å². The van der Waals surface area contributed by atoms with Gasteiger partial charge in [0.2, 0.25) is 0 Å². The van der Waals surface area contributed by atoms with Crippen LogP contribution in [0, 0.1) is 6.92 Å². The summed E-state index contributed by atoms with van der Waals surface area (Å²) < 4.78 is 7.89. The van der Waals surface area contributed by atoms with Crippen molar-refractivity contribution in [2.75, 3.05) is 6.54 Å². The average Bonchev–Trinajstić information content (AvgIpc) is 2.86. The monoisotopic (exact) mass is 248 g/mol. The van der Waals surface area contributed by atoms with Crippen molar-refractivity contribution >= 4 is 17.4 Å². The number of furan rings is 1. The standard InChI is InChI=1S/C12H12N2O2S/c1-8-3-4-9(16-8)7-10-11(15)14-6-2-5-13-12(14)17-10/h3-4,7H,2,5-6H2,1H3/b10-7-. The molecule has 0 spiro atoms. The zero-order valence-electron chi connectivity index (χ0n) is 9.47. The molecule has 1 aliphatic heterocycles. The van der Waals surface area contributed by atoms with Crippen molar-refractivity contribution in [3.8, 4) is 0 Å². The maximum absolute atomic E-state index is 12.1. The highest BCUT2D eigenvalue weighted by atomic mass is 32.1.